The molecular formula is C20H20N2O3. The minimum Gasteiger partial charge on any atom is -0.354 e. The molecule has 2 aromatic carbocycles. The quantitative estimate of drug-likeness (QED) is 0.702. The van der Waals surface area contributed by atoms with E-state index in [1.165, 1.54) is 14.2 Å². The van der Waals surface area contributed by atoms with Gasteiger partial charge in [0.05, 0.1) is 23.3 Å². The highest BCUT2D eigenvalue weighted by Gasteiger charge is 2.15. The van der Waals surface area contributed by atoms with Crippen molar-refractivity contribution in [2.45, 2.75) is 6.29 Å². The van der Waals surface area contributed by atoms with E-state index >= 15 is 0 Å². The van der Waals surface area contributed by atoms with Crippen molar-refractivity contribution in [3.8, 4) is 11.3 Å². The molecule has 3 aromatic rings. The van der Waals surface area contributed by atoms with Gasteiger partial charge in [0, 0.05) is 25.2 Å². The fraction of sp³-hybridized carbons (Fsp3) is 0.200. The third-order valence-corrected chi connectivity index (χ3v) is 3.99. The van der Waals surface area contributed by atoms with Crippen LogP contribution in [-0.4, -0.2) is 37.9 Å². The smallest absolute Gasteiger partial charge is 0.252 e. The average Bonchev–Trinajstić information content (AvgIpc) is 2.68. The fourth-order valence-corrected chi connectivity index (χ4v) is 2.65. The van der Waals surface area contributed by atoms with Crippen LogP contribution in [0.2, 0.25) is 0 Å². The van der Waals surface area contributed by atoms with Crippen molar-refractivity contribution in [2.24, 2.45) is 0 Å². The summed E-state index contributed by atoms with van der Waals surface area (Å²) in [7, 11) is 3.07. The first-order chi connectivity index (χ1) is 12.2. The van der Waals surface area contributed by atoms with E-state index in [1.807, 2.05) is 60.7 Å². The second-order valence-corrected chi connectivity index (χ2v) is 5.55. The molecule has 25 heavy (non-hydrogen) atoms. The lowest BCUT2D eigenvalue weighted by atomic mass is 10.0. The number of pyridine rings is 1. The molecule has 3 rings (SSSR count). The SMILES string of the molecule is COC(CNC(=O)c1cc(-c2ccccc2)nc2ccccc12)OC. The van der Waals surface area contributed by atoms with Gasteiger partial charge < -0.3 is 14.8 Å². The lowest BCUT2D eigenvalue weighted by Gasteiger charge is -2.15. The van der Waals surface area contributed by atoms with Crippen LogP contribution >= 0.6 is 0 Å². The standard InChI is InChI=1S/C20H20N2O3/c1-24-19(25-2)13-21-20(23)16-12-18(14-8-4-3-5-9-14)22-17-11-7-6-10-15(16)17/h3-12,19H,13H2,1-2H3,(H,21,23). The number of benzene rings is 2. The van der Waals surface area contributed by atoms with Gasteiger partial charge in [-0.1, -0.05) is 48.5 Å². The molecule has 0 radical (unpaired) electrons. The number of para-hydroxylation sites is 1. The van der Waals surface area contributed by atoms with Gasteiger partial charge >= 0.3 is 0 Å². The lowest BCUT2D eigenvalue weighted by molar-refractivity contribution is -0.0974. The average molecular weight is 336 g/mol. The van der Waals surface area contributed by atoms with Crippen LogP contribution < -0.4 is 5.32 Å². The fourth-order valence-electron chi connectivity index (χ4n) is 2.65. The summed E-state index contributed by atoms with van der Waals surface area (Å²) in [6.07, 6.45) is -0.481. The number of aromatic nitrogens is 1. The lowest BCUT2D eigenvalue weighted by Crippen LogP contribution is -2.34. The first-order valence-corrected chi connectivity index (χ1v) is 8.02. The van der Waals surface area contributed by atoms with E-state index in [9.17, 15) is 4.79 Å². The van der Waals surface area contributed by atoms with Crippen molar-refractivity contribution in [2.75, 3.05) is 20.8 Å². The van der Waals surface area contributed by atoms with Gasteiger partial charge in [0.15, 0.2) is 6.29 Å². The van der Waals surface area contributed by atoms with E-state index in [2.05, 4.69) is 10.3 Å². The summed E-state index contributed by atoms with van der Waals surface area (Å²) in [5.41, 5.74) is 3.09. The Morgan fingerprint density at radius 3 is 2.44 bits per heavy atom. The molecule has 0 aliphatic rings. The second-order valence-electron chi connectivity index (χ2n) is 5.55. The number of nitrogens with one attached hydrogen (secondary N) is 1. The molecule has 1 amide bonds. The summed E-state index contributed by atoms with van der Waals surface area (Å²) < 4.78 is 10.2. The molecule has 1 heterocycles. The minimum absolute atomic E-state index is 0.185. The highest BCUT2D eigenvalue weighted by Crippen LogP contribution is 2.24. The number of carbonyl (C=O) groups is 1. The third-order valence-electron chi connectivity index (χ3n) is 3.99. The molecule has 0 spiro atoms. The Labute approximate surface area is 146 Å². The normalized spacial score (nSPS) is 11.0. The number of fused-ring (bicyclic) bond motifs is 1. The minimum atomic E-state index is -0.481. The van der Waals surface area contributed by atoms with Crippen molar-refractivity contribution in [1.82, 2.24) is 10.3 Å². The van der Waals surface area contributed by atoms with Crippen LogP contribution in [0.4, 0.5) is 0 Å². The molecule has 1 N–H and O–H groups in total. The first kappa shape index (κ1) is 17.1. The topological polar surface area (TPSA) is 60.5 Å². The number of ether oxygens (including phenoxy) is 2. The highest BCUT2D eigenvalue weighted by atomic mass is 16.7. The van der Waals surface area contributed by atoms with Gasteiger partial charge in [0.2, 0.25) is 0 Å². The maximum atomic E-state index is 12.7. The van der Waals surface area contributed by atoms with Crippen molar-refractivity contribution >= 4 is 16.8 Å². The van der Waals surface area contributed by atoms with E-state index in [0.717, 1.165) is 22.2 Å². The van der Waals surface area contributed by atoms with Crippen LogP contribution in [-0.2, 0) is 9.47 Å². The zero-order valence-corrected chi connectivity index (χ0v) is 14.2. The zero-order chi connectivity index (χ0) is 17.6. The summed E-state index contributed by atoms with van der Waals surface area (Å²) in [5.74, 6) is -0.185. The summed E-state index contributed by atoms with van der Waals surface area (Å²) in [5, 5.41) is 3.67. The van der Waals surface area contributed by atoms with Gasteiger partial charge in [0.1, 0.15) is 0 Å². The molecule has 0 unspecified atom stereocenters. The molecule has 0 bridgehead atoms. The van der Waals surface area contributed by atoms with Gasteiger partial charge in [-0.05, 0) is 12.1 Å². The van der Waals surface area contributed by atoms with Crippen LogP contribution in [0.3, 0.4) is 0 Å². The van der Waals surface area contributed by atoms with Gasteiger partial charge in [-0.2, -0.15) is 0 Å². The predicted octanol–water partition coefficient (Wildman–Crippen LogP) is 3.25. The maximum absolute atomic E-state index is 12.7. The number of amides is 1. The van der Waals surface area contributed by atoms with Crippen LogP contribution in [0.15, 0.2) is 60.7 Å². The van der Waals surface area contributed by atoms with Crippen LogP contribution in [0.5, 0.6) is 0 Å². The zero-order valence-electron chi connectivity index (χ0n) is 14.2. The maximum Gasteiger partial charge on any atom is 0.252 e. The number of hydrogen-bond acceptors (Lipinski definition) is 4. The molecule has 0 saturated carbocycles. The van der Waals surface area contributed by atoms with Crippen molar-refractivity contribution in [3.05, 3.63) is 66.2 Å². The number of carbonyl (C=O) groups excluding carboxylic acids is 1. The molecular weight excluding hydrogens is 316 g/mol. The Bertz CT molecular complexity index is 861. The molecule has 5 nitrogen and oxygen atoms in total. The van der Waals surface area contributed by atoms with Crippen LogP contribution in [0.25, 0.3) is 22.2 Å². The Morgan fingerprint density at radius 2 is 1.72 bits per heavy atom. The third kappa shape index (κ3) is 3.84. The predicted molar refractivity (Wildman–Crippen MR) is 97.3 cm³/mol. The number of rotatable bonds is 6. The molecule has 0 aliphatic carbocycles. The molecule has 0 atom stereocenters. The summed E-state index contributed by atoms with van der Waals surface area (Å²) >= 11 is 0. The van der Waals surface area contributed by atoms with Gasteiger partial charge in [-0.3, -0.25) is 4.79 Å². The monoisotopic (exact) mass is 336 g/mol. The van der Waals surface area contributed by atoms with Gasteiger partial charge in [-0.15, -0.1) is 0 Å². The van der Waals surface area contributed by atoms with Gasteiger partial charge in [0.25, 0.3) is 5.91 Å². The van der Waals surface area contributed by atoms with E-state index in [1.54, 1.807) is 0 Å². The van der Waals surface area contributed by atoms with E-state index in [-0.39, 0.29) is 12.5 Å². The van der Waals surface area contributed by atoms with Crippen LogP contribution in [0, 0.1) is 0 Å². The van der Waals surface area contributed by atoms with Crippen molar-refractivity contribution < 1.29 is 14.3 Å². The molecule has 0 fully saturated rings. The number of nitrogens with zero attached hydrogens (tertiary/aromatic N) is 1. The molecule has 1 aromatic heterocycles. The Balaban J connectivity index is 1.99. The summed E-state index contributed by atoms with van der Waals surface area (Å²) in [6, 6.07) is 19.3. The van der Waals surface area contributed by atoms with E-state index in [0.29, 0.717) is 5.56 Å². The van der Waals surface area contributed by atoms with Crippen molar-refractivity contribution in [3.63, 3.8) is 0 Å². The second kappa shape index (κ2) is 7.88. The van der Waals surface area contributed by atoms with Crippen molar-refractivity contribution in [1.29, 1.82) is 0 Å². The first-order valence-electron chi connectivity index (χ1n) is 8.02. The largest absolute Gasteiger partial charge is 0.354 e. The Kier molecular flexibility index (Phi) is 5.38. The van der Waals surface area contributed by atoms with E-state index in [4.69, 9.17) is 9.47 Å². The molecule has 0 aliphatic heterocycles. The van der Waals surface area contributed by atoms with Gasteiger partial charge in [-0.25, -0.2) is 4.98 Å². The molecule has 128 valence electrons. The summed E-state index contributed by atoms with van der Waals surface area (Å²) in [6.45, 7) is 0.267. The molecule has 5 heteroatoms. The highest BCUT2D eigenvalue weighted by molar-refractivity contribution is 6.07. The Hall–Kier alpha value is -2.76. The number of methoxy groups -OCH3 is 2. The van der Waals surface area contributed by atoms with Crippen LogP contribution in [0.1, 0.15) is 10.4 Å². The Morgan fingerprint density at radius 1 is 1.04 bits per heavy atom. The number of hydrogen-bond donors (Lipinski definition) is 1. The van der Waals surface area contributed by atoms with E-state index < -0.39 is 6.29 Å². The molecule has 0 saturated heterocycles. The summed E-state index contributed by atoms with van der Waals surface area (Å²) in [4.78, 5) is 17.4.